The Bertz CT molecular complexity index is 644. The van der Waals surface area contributed by atoms with Crippen molar-refractivity contribution >= 4 is 17.3 Å². The molecule has 2 rings (SSSR count). The first-order valence-corrected chi connectivity index (χ1v) is 6.60. The van der Waals surface area contributed by atoms with Crippen LogP contribution in [-0.2, 0) is 9.53 Å². The van der Waals surface area contributed by atoms with E-state index in [4.69, 9.17) is 10.00 Å². The molecule has 1 aliphatic rings. The van der Waals surface area contributed by atoms with Crippen molar-refractivity contribution in [3.63, 3.8) is 0 Å². The molecule has 8 nitrogen and oxygen atoms in total. The van der Waals surface area contributed by atoms with Crippen molar-refractivity contribution in [3.8, 4) is 6.07 Å². The van der Waals surface area contributed by atoms with Crippen molar-refractivity contribution in [3.05, 3.63) is 46.2 Å². The van der Waals surface area contributed by atoms with Gasteiger partial charge in [-0.3, -0.25) is 14.9 Å². The van der Waals surface area contributed by atoms with Gasteiger partial charge in [0.05, 0.1) is 18.1 Å². The average Bonchev–Trinajstić information content (AvgIpc) is 2.53. The van der Waals surface area contributed by atoms with Gasteiger partial charge in [0.25, 0.3) is 11.6 Å². The Hall–Kier alpha value is -2.92. The Balaban J connectivity index is 2.15. The number of carbonyl (C=O) groups excluding carboxylic acids is 1. The third-order valence-electron chi connectivity index (χ3n) is 3.07. The van der Waals surface area contributed by atoms with Crippen molar-refractivity contribution in [2.45, 2.75) is 0 Å². The maximum atomic E-state index is 12.1. The number of nitrogens with zero attached hydrogens (tertiary/aromatic N) is 3. The first kappa shape index (κ1) is 15.5. The number of nitro benzene ring substituents is 1. The van der Waals surface area contributed by atoms with Crippen molar-refractivity contribution in [1.29, 1.82) is 5.26 Å². The van der Waals surface area contributed by atoms with Crippen LogP contribution in [0.5, 0.6) is 0 Å². The van der Waals surface area contributed by atoms with Crippen LogP contribution < -0.4 is 5.32 Å². The van der Waals surface area contributed by atoms with E-state index in [0.717, 1.165) is 0 Å². The van der Waals surface area contributed by atoms with Crippen molar-refractivity contribution in [1.82, 2.24) is 4.90 Å². The normalized spacial score (nSPS) is 15.0. The Labute approximate surface area is 126 Å². The van der Waals surface area contributed by atoms with Gasteiger partial charge in [0.15, 0.2) is 0 Å². The van der Waals surface area contributed by atoms with Crippen LogP contribution in [0.1, 0.15) is 0 Å². The molecule has 1 aromatic carbocycles. The van der Waals surface area contributed by atoms with Crippen LogP contribution in [0, 0.1) is 21.4 Å². The largest absolute Gasteiger partial charge is 0.378 e. The molecule has 0 aromatic heterocycles. The van der Waals surface area contributed by atoms with E-state index >= 15 is 0 Å². The molecule has 0 radical (unpaired) electrons. The Morgan fingerprint density at radius 2 is 2.09 bits per heavy atom. The summed E-state index contributed by atoms with van der Waals surface area (Å²) in [6.07, 6.45) is 1.45. The van der Waals surface area contributed by atoms with Crippen LogP contribution in [0.4, 0.5) is 11.4 Å². The lowest BCUT2D eigenvalue weighted by atomic mass is 10.2. The molecule has 1 saturated heterocycles. The molecule has 1 aromatic rings. The van der Waals surface area contributed by atoms with Crippen molar-refractivity contribution < 1.29 is 14.5 Å². The third-order valence-corrected chi connectivity index (χ3v) is 3.07. The number of morpholine rings is 1. The van der Waals surface area contributed by atoms with E-state index < -0.39 is 10.8 Å². The predicted octanol–water partition coefficient (Wildman–Crippen LogP) is 1.27. The van der Waals surface area contributed by atoms with Gasteiger partial charge in [-0.1, -0.05) is 12.1 Å². The third kappa shape index (κ3) is 3.80. The second-order valence-corrected chi connectivity index (χ2v) is 4.53. The molecule has 0 bridgehead atoms. The van der Waals surface area contributed by atoms with Gasteiger partial charge in [-0.2, -0.15) is 5.26 Å². The second-order valence-electron chi connectivity index (χ2n) is 4.53. The predicted molar refractivity (Wildman–Crippen MR) is 77.8 cm³/mol. The highest BCUT2D eigenvalue weighted by Crippen LogP contribution is 2.23. The number of hydrogen-bond acceptors (Lipinski definition) is 6. The lowest BCUT2D eigenvalue weighted by Crippen LogP contribution is -2.33. The fourth-order valence-electron chi connectivity index (χ4n) is 1.96. The lowest BCUT2D eigenvalue weighted by Gasteiger charge is -2.25. The van der Waals surface area contributed by atoms with Crippen LogP contribution in [0.3, 0.4) is 0 Å². The summed E-state index contributed by atoms with van der Waals surface area (Å²) < 4.78 is 5.18. The minimum atomic E-state index is -0.678. The molecule has 0 aliphatic carbocycles. The van der Waals surface area contributed by atoms with Gasteiger partial charge in [0.1, 0.15) is 17.3 Å². The fraction of sp³-hybridized carbons (Fsp3) is 0.286. The summed E-state index contributed by atoms with van der Waals surface area (Å²) in [4.78, 5) is 24.2. The SMILES string of the molecule is N#C/C(=C/N1CCOCC1)C(=O)Nc1ccccc1[N+](=O)[O-]. The molecule has 1 heterocycles. The maximum Gasteiger partial charge on any atom is 0.292 e. The number of benzene rings is 1. The summed E-state index contributed by atoms with van der Waals surface area (Å²) >= 11 is 0. The van der Waals surface area contributed by atoms with Crippen LogP contribution in [-0.4, -0.2) is 42.0 Å². The van der Waals surface area contributed by atoms with Gasteiger partial charge in [-0.15, -0.1) is 0 Å². The van der Waals surface area contributed by atoms with E-state index in [9.17, 15) is 14.9 Å². The molecule has 1 N–H and O–H groups in total. The zero-order chi connectivity index (χ0) is 15.9. The molecule has 8 heteroatoms. The molecule has 22 heavy (non-hydrogen) atoms. The van der Waals surface area contributed by atoms with E-state index in [1.807, 2.05) is 6.07 Å². The van der Waals surface area contributed by atoms with Gasteiger partial charge in [-0.25, -0.2) is 0 Å². The molecule has 0 spiro atoms. The molecular formula is C14H14N4O4. The Morgan fingerprint density at radius 3 is 2.73 bits per heavy atom. The number of nitriles is 1. The first-order chi connectivity index (χ1) is 10.6. The zero-order valence-corrected chi connectivity index (χ0v) is 11.7. The number of ether oxygens (including phenoxy) is 1. The van der Waals surface area contributed by atoms with Crippen molar-refractivity contribution in [2.24, 2.45) is 0 Å². The minimum absolute atomic E-state index is 0.0561. The number of nitro groups is 1. The number of nitrogens with one attached hydrogen (secondary N) is 1. The number of para-hydroxylation sites is 2. The molecule has 114 valence electrons. The number of anilines is 1. The number of hydrogen-bond donors (Lipinski definition) is 1. The fourth-order valence-corrected chi connectivity index (χ4v) is 1.96. The topological polar surface area (TPSA) is 108 Å². The monoisotopic (exact) mass is 302 g/mol. The van der Waals surface area contributed by atoms with Crippen LogP contribution in [0.15, 0.2) is 36.0 Å². The highest BCUT2D eigenvalue weighted by atomic mass is 16.6. The molecule has 0 unspecified atom stereocenters. The van der Waals surface area contributed by atoms with Gasteiger partial charge in [0.2, 0.25) is 0 Å². The summed E-state index contributed by atoms with van der Waals surface area (Å²) in [5.41, 5.74) is -0.278. The highest BCUT2D eigenvalue weighted by molar-refractivity contribution is 6.07. The summed E-state index contributed by atoms with van der Waals surface area (Å²) in [7, 11) is 0. The van der Waals surface area contributed by atoms with E-state index in [0.29, 0.717) is 26.3 Å². The van der Waals surface area contributed by atoms with Gasteiger partial charge in [-0.05, 0) is 6.07 Å². The number of amides is 1. The van der Waals surface area contributed by atoms with Crippen LogP contribution in [0.2, 0.25) is 0 Å². The van der Waals surface area contributed by atoms with Gasteiger partial charge < -0.3 is 15.0 Å². The highest BCUT2D eigenvalue weighted by Gasteiger charge is 2.18. The Morgan fingerprint density at radius 1 is 1.41 bits per heavy atom. The van der Waals surface area contributed by atoms with E-state index in [2.05, 4.69) is 5.32 Å². The maximum absolute atomic E-state index is 12.1. The molecule has 0 atom stereocenters. The number of rotatable bonds is 4. The smallest absolute Gasteiger partial charge is 0.292 e. The van der Waals surface area contributed by atoms with Crippen LogP contribution >= 0.6 is 0 Å². The van der Waals surface area contributed by atoms with Gasteiger partial charge >= 0.3 is 0 Å². The van der Waals surface area contributed by atoms with E-state index in [-0.39, 0.29) is 16.9 Å². The Kier molecular flexibility index (Phi) is 5.06. The first-order valence-electron chi connectivity index (χ1n) is 6.60. The summed E-state index contributed by atoms with van der Waals surface area (Å²) in [5.74, 6) is -0.678. The summed E-state index contributed by atoms with van der Waals surface area (Å²) in [6.45, 7) is 2.23. The molecule has 0 saturated carbocycles. The van der Waals surface area contributed by atoms with Gasteiger partial charge in [0, 0.05) is 25.4 Å². The quantitative estimate of drug-likeness (QED) is 0.388. The van der Waals surface area contributed by atoms with E-state index in [1.165, 1.54) is 24.4 Å². The number of carbonyl (C=O) groups is 1. The molecule has 1 amide bonds. The lowest BCUT2D eigenvalue weighted by molar-refractivity contribution is -0.383. The molecule has 1 fully saturated rings. The minimum Gasteiger partial charge on any atom is -0.378 e. The average molecular weight is 302 g/mol. The zero-order valence-electron chi connectivity index (χ0n) is 11.7. The summed E-state index contributed by atoms with van der Waals surface area (Å²) in [5, 5.41) is 22.4. The van der Waals surface area contributed by atoms with Crippen LogP contribution in [0.25, 0.3) is 0 Å². The van der Waals surface area contributed by atoms with E-state index in [1.54, 1.807) is 11.0 Å². The standard InChI is InChI=1S/C14H14N4O4/c15-9-11(10-17-5-7-22-8-6-17)14(19)16-12-3-1-2-4-13(12)18(20)21/h1-4,10H,5-8H2,(H,16,19)/b11-10-. The van der Waals surface area contributed by atoms with Crippen molar-refractivity contribution in [2.75, 3.05) is 31.6 Å². The molecule has 1 aliphatic heterocycles. The molecular weight excluding hydrogens is 288 g/mol. The summed E-state index contributed by atoms with van der Waals surface area (Å²) in [6, 6.07) is 7.59. The second kappa shape index (κ2) is 7.19.